The Labute approximate surface area is 150 Å². The third kappa shape index (κ3) is 6.09. The SMILES string of the molecule is NC(=O)c1ccccc1OCC#CCNC(=O)Nc1ccc(Cl)cc1. The van der Waals surface area contributed by atoms with Crippen molar-refractivity contribution in [1.29, 1.82) is 0 Å². The predicted octanol–water partition coefficient (Wildman–Crippen LogP) is 2.64. The van der Waals surface area contributed by atoms with Crippen LogP contribution in [0.25, 0.3) is 0 Å². The van der Waals surface area contributed by atoms with Crippen LogP contribution in [0.2, 0.25) is 5.02 Å². The molecule has 0 saturated heterocycles. The summed E-state index contributed by atoms with van der Waals surface area (Å²) < 4.78 is 5.40. The third-order valence-corrected chi connectivity index (χ3v) is 3.27. The number of nitrogens with two attached hydrogens (primary N) is 1. The van der Waals surface area contributed by atoms with Crippen molar-refractivity contribution in [2.24, 2.45) is 5.73 Å². The van der Waals surface area contributed by atoms with Crippen LogP contribution in [0.1, 0.15) is 10.4 Å². The van der Waals surface area contributed by atoms with Crippen LogP contribution in [0.5, 0.6) is 5.75 Å². The molecule has 0 aliphatic carbocycles. The summed E-state index contributed by atoms with van der Waals surface area (Å²) in [5.74, 6) is 5.30. The summed E-state index contributed by atoms with van der Waals surface area (Å²) in [6, 6.07) is 13.0. The molecule has 0 aromatic heterocycles. The fourth-order valence-electron chi connectivity index (χ4n) is 1.86. The van der Waals surface area contributed by atoms with E-state index >= 15 is 0 Å². The Kier molecular flexibility index (Phi) is 6.69. The smallest absolute Gasteiger partial charge is 0.319 e. The second-order valence-electron chi connectivity index (χ2n) is 4.82. The van der Waals surface area contributed by atoms with Crippen molar-refractivity contribution in [3.05, 3.63) is 59.1 Å². The molecule has 0 heterocycles. The molecular formula is C18H16ClN3O3. The molecule has 4 N–H and O–H groups in total. The second-order valence-corrected chi connectivity index (χ2v) is 5.25. The molecule has 6 nitrogen and oxygen atoms in total. The standard InChI is InChI=1S/C18H16ClN3O3/c19-13-7-9-14(10-8-13)22-18(24)21-11-3-4-12-25-16-6-2-1-5-15(16)17(20)23/h1-2,5-10H,11-12H2,(H2,20,23)(H2,21,22,24). The van der Waals surface area contributed by atoms with Crippen LogP contribution >= 0.6 is 11.6 Å². The van der Waals surface area contributed by atoms with Crippen LogP contribution in [0.15, 0.2) is 48.5 Å². The molecule has 0 spiro atoms. The third-order valence-electron chi connectivity index (χ3n) is 3.02. The highest BCUT2D eigenvalue weighted by molar-refractivity contribution is 6.30. The fraction of sp³-hybridized carbons (Fsp3) is 0.111. The summed E-state index contributed by atoms with van der Waals surface area (Å²) in [6.45, 7) is 0.227. The monoisotopic (exact) mass is 357 g/mol. The van der Waals surface area contributed by atoms with Gasteiger partial charge in [-0.2, -0.15) is 0 Å². The molecule has 2 rings (SSSR count). The van der Waals surface area contributed by atoms with Crippen molar-refractivity contribution in [2.45, 2.75) is 0 Å². The van der Waals surface area contributed by atoms with E-state index in [1.807, 2.05) is 0 Å². The van der Waals surface area contributed by atoms with Gasteiger partial charge in [-0.1, -0.05) is 35.6 Å². The number of rotatable bonds is 5. The van der Waals surface area contributed by atoms with Crippen LogP contribution in [0.4, 0.5) is 10.5 Å². The summed E-state index contributed by atoms with van der Waals surface area (Å²) in [6.07, 6.45) is 0. The Hall–Kier alpha value is -3.17. The lowest BCUT2D eigenvalue weighted by Gasteiger charge is -2.06. The van der Waals surface area contributed by atoms with Gasteiger partial charge in [-0.05, 0) is 36.4 Å². The average Bonchev–Trinajstić information content (AvgIpc) is 2.60. The minimum Gasteiger partial charge on any atom is -0.480 e. The lowest BCUT2D eigenvalue weighted by Crippen LogP contribution is -2.28. The number of carbonyl (C=O) groups is 2. The van der Waals surface area contributed by atoms with E-state index in [2.05, 4.69) is 22.5 Å². The van der Waals surface area contributed by atoms with E-state index in [-0.39, 0.29) is 19.2 Å². The number of amides is 3. The Morgan fingerprint density at radius 1 is 1.08 bits per heavy atom. The van der Waals surface area contributed by atoms with E-state index in [4.69, 9.17) is 22.1 Å². The quantitative estimate of drug-likeness (QED) is 0.718. The first-order valence-corrected chi connectivity index (χ1v) is 7.72. The number of ether oxygens (including phenoxy) is 1. The number of benzene rings is 2. The molecule has 0 fully saturated rings. The first kappa shape index (κ1) is 18.2. The van der Waals surface area contributed by atoms with Crippen LogP contribution < -0.4 is 21.1 Å². The zero-order chi connectivity index (χ0) is 18.1. The van der Waals surface area contributed by atoms with Crippen molar-refractivity contribution in [2.75, 3.05) is 18.5 Å². The van der Waals surface area contributed by atoms with Gasteiger partial charge in [0.2, 0.25) is 0 Å². The Balaban J connectivity index is 1.73. The van der Waals surface area contributed by atoms with Crippen LogP contribution in [-0.4, -0.2) is 25.1 Å². The number of para-hydroxylation sites is 1. The van der Waals surface area contributed by atoms with E-state index in [0.29, 0.717) is 22.0 Å². The maximum Gasteiger partial charge on any atom is 0.319 e. The Morgan fingerprint density at radius 3 is 2.52 bits per heavy atom. The number of hydrogen-bond donors (Lipinski definition) is 3. The molecule has 0 aliphatic heterocycles. The van der Waals surface area contributed by atoms with Crippen molar-refractivity contribution >= 4 is 29.2 Å². The molecule has 0 atom stereocenters. The summed E-state index contributed by atoms with van der Waals surface area (Å²) >= 11 is 5.77. The van der Waals surface area contributed by atoms with Gasteiger partial charge in [0, 0.05) is 10.7 Å². The second kappa shape index (κ2) is 9.21. The molecule has 0 bridgehead atoms. The molecular weight excluding hydrogens is 342 g/mol. The van der Waals surface area contributed by atoms with E-state index in [1.54, 1.807) is 48.5 Å². The Bertz CT molecular complexity index is 810. The first-order chi connectivity index (χ1) is 12.1. The zero-order valence-electron chi connectivity index (χ0n) is 13.2. The van der Waals surface area contributed by atoms with E-state index in [9.17, 15) is 9.59 Å². The first-order valence-electron chi connectivity index (χ1n) is 7.34. The lowest BCUT2D eigenvalue weighted by atomic mass is 10.2. The van der Waals surface area contributed by atoms with Crippen LogP contribution in [0.3, 0.4) is 0 Å². The molecule has 0 unspecified atom stereocenters. The topological polar surface area (TPSA) is 93.5 Å². The van der Waals surface area contributed by atoms with Gasteiger partial charge in [0.25, 0.3) is 5.91 Å². The van der Waals surface area contributed by atoms with Crippen LogP contribution in [0, 0.1) is 11.8 Å². The van der Waals surface area contributed by atoms with Crippen molar-refractivity contribution in [3.8, 4) is 17.6 Å². The van der Waals surface area contributed by atoms with Gasteiger partial charge in [0.1, 0.15) is 12.4 Å². The van der Waals surface area contributed by atoms with Gasteiger partial charge >= 0.3 is 6.03 Å². The molecule has 2 aromatic rings. The predicted molar refractivity (Wildman–Crippen MR) is 96.7 cm³/mol. The Morgan fingerprint density at radius 2 is 1.80 bits per heavy atom. The van der Waals surface area contributed by atoms with Gasteiger partial charge in [0.15, 0.2) is 0 Å². The van der Waals surface area contributed by atoms with Crippen LogP contribution in [-0.2, 0) is 0 Å². The summed E-state index contributed by atoms with van der Waals surface area (Å²) in [4.78, 5) is 22.9. The largest absolute Gasteiger partial charge is 0.480 e. The van der Waals surface area contributed by atoms with Crippen molar-refractivity contribution in [3.63, 3.8) is 0 Å². The number of carbonyl (C=O) groups excluding carboxylic acids is 2. The summed E-state index contributed by atoms with van der Waals surface area (Å²) in [5, 5.41) is 5.83. The fourth-order valence-corrected chi connectivity index (χ4v) is 1.98. The average molecular weight is 358 g/mol. The van der Waals surface area contributed by atoms with Gasteiger partial charge in [-0.25, -0.2) is 4.79 Å². The minimum absolute atomic E-state index is 0.0742. The number of nitrogens with one attached hydrogen (secondary N) is 2. The van der Waals surface area contributed by atoms with E-state index < -0.39 is 5.91 Å². The highest BCUT2D eigenvalue weighted by Gasteiger charge is 2.07. The summed E-state index contributed by atoms with van der Waals surface area (Å²) in [7, 11) is 0. The van der Waals surface area contributed by atoms with Gasteiger partial charge in [-0.3, -0.25) is 4.79 Å². The maximum absolute atomic E-state index is 11.7. The van der Waals surface area contributed by atoms with Crippen molar-refractivity contribution < 1.29 is 14.3 Å². The molecule has 25 heavy (non-hydrogen) atoms. The molecule has 2 aromatic carbocycles. The molecule has 7 heteroatoms. The number of halogens is 1. The minimum atomic E-state index is -0.566. The van der Waals surface area contributed by atoms with Gasteiger partial charge < -0.3 is 21.1 Å². The summed E-state index contributed by atoms with van der Waals surface area (Å²) in [5.41, 5.74) is 6.18. The number of anilines is 1. The van der Waals surface area contributed by atoms with E-state index in [0.717, 1.165) is 0 Å². The normalized spacial score (nSPS) is 9.48. The molecule has 128 valence electrons. The van der Waals surface area contributed by atoms with Gasteiger partial charge in [-0.15, -0.1) is 0 Å². The van der Waals surface area contributed by atoms with Crippen molar-refractivity contribution in [1.82, 2.24) is 5.32 Å². The lowest BCUT2D eigenvalue weighted by molar-refractivity contribution is 0.0997. The molecule has 0 radical (unpaired) electrons. The molecule has 0 aliphatic rings. The highest BCUT2D eigenvalue weighted by Crippen LogP contribution is 2.16. The zero-order valence-corrected chi connectivity index (χ0v) is 14.0. The van der Waals surface area contributed by atoms with Gasteiger partial charge in [0.05, 0.1) is 12.1 Å². The molecule has 0 saturated carbocycles. The number of urea groups is 1. The molecule has 3 amide bonds. The maximum atomic E-state index is 11.7. The van der Waals surface area contributed by atoms with E-state index in [1.165, 1.54) is 0 Å². The number of primary amides is 1. The highest BCUT2D eigenvalue weighted by atomic mass is 35.5. The number of hydrogen-bond acceptors (Lipinski definition) is 3.